The van der Waals surface area contributed by atoms with E-state index in [9.17, 15) is 4.79 Å². The molecular formula is C14H10N2O2. The molecule has 0 saturated carbocycles. The third kappa shape index (κ3) is 1.59. The average molecular weight is 238 g/mol. The van der Waals surface area contributed by atoms with Crippen molar-refractivity contribution < 1.29 is 9.90 Å². The van der Waals surface area contributed by atoms with Gasteiger partial charge in [-0.2, -0.15) is 0 Å². The van der Waals surface area contributed by atoms with Gasteiger partial charge in [0, 0.05) is 0 Å². The summed E-state index contributed by atoms with van der Waals surface area (Å²) in [5, 5.41) is 9.14. The van der Waals surface area contributed by atoms with Crippen molar-refractivity contribution in [2.24, 2.45) is 0 Å². The predicted octanol–water partition coefficient (Wildman–Crippen LogP) is 2.79. The van der Waals surface area contributed by atoms with Crippen LogP contribution in [0.3, 0.4) is 0 Å². The molecule has 1 heterocycles. The predicted molar refractivity (Wildman–Crippen MR) is 68.7 cm³/mol. The van der Waals surface area contributed by atoms with Gasteiger partial charge in [-0.05, 0) is 36.8 Å². The van der Waals surface area contributed by atoms with E-state index in [-0.39, 0.29) is 5.56 Å². The van der Waals surface area contributed by atoms with Gasteiger partial charge < -0.3 is 5.11 Å². The van der Waals surface area contributed by atoms with E-state index < -0.39 is 5.97 Å². The summed E-state index contributed by atoms with van der Waals surface area (Å²) in [6.07, 6.45) is 0. The van der Waals surface area contributed by atoms with Crippen molar-refractivity contribution >= 4 is 28.0 Å². The number of hydrogen-bond acceptors (Lipinski definition) is 3. The summed E-state index contributed by atoms with van der Waals surface area (Å²) < 4.78 is 0. The number of nitrogens with zero attached hydrogens (tertiary/aromatic N) is 2. The molecule has 0 atom stereocenters. The first-order valence-electron chi connectivity index (χ1n) is 5.55. The zero-order chi connectivity index (χ0) is 12.7. The van der Waals surface area contributed by atoms with Crippen LogP contribution in [0.2, 0.25) is 0 Å². The maximum Gasteiger partial charge on any atom is 0.337 e. The molecule has 3 aromatic rings. The van der Waals surface area contributed by atoms with Crippen LogP contribution < -0.4 is 0 Å². The fourth-order valence-electron chi connectivity index (χ4n) is 1.98. The summed E-state index contributed by atoms with van der Waals surface area (Å²) in [5.41, 5.74) is 3.79. The molecule has 0 bridgehead atoms. The second-order valence-electron chi connectivity index (χ2n) is 4.19. The molecule has 0 amide bonds. The molecule has 3 rings (SSSR count). The van der Waals surface area contributed by atoms with Crippen LogP contribution in [0, 0.1) is 6.92 Å². The van der Waals surface area contributed by atoms with E-state index in [2.05, 4.69) is 9.97 Å². The minimum Gasteiger partial charge on any atom is -0.478 e. The molecule has 4 heteroatoms. The summed E-state index contributed by atoms with van der Waals surface area (Å²) in [7, 11) is 0. The van der Waals surface area contributed by atoms with Gasteiger partial charge in [0.25, 0.3) is 0 Å². The minimum atomic E-state index is -0.984. The summed E-state index contributed by atoms with van der Waals surface area (Å²) >= 11 is 0. The molecule has 1 aromatic heterocycles. The van der Waals surface area contributed by atoms with Gasteiger partial charge in [0.1, 0.15) is 5.52 Å². The third-order valence-electron chi connectivity index (χ3n) is 2.85. The molecule has 18 heavy (non-hydrogen) atoms. The van der Waals surface area contributed by atoms with Crippen molar-refractivity contribution in [1.29, 1.82) is 0 Å². The fraction of sp³-hybridized carbons (Fsp3) is 0.0714. The van der Waals surface area contributed by atoms with Crippen LogP contribution in [0.4, 0.5) is 0 Å². The number of rotatable bonds is 1. The van der Waals surface area contributed by atoms with Gasteiger partial charge in [-0.25, -0.2) is 14.8 Å². The first-order chi connectivity index (χ1) is 8.65. The van der Waals surface area contributed by atoms with Crippen LogP contribution in [0.25, 0.3) is 22.1 Å². The van der Waals surface area contributed by atoms with Gasteiger partial charge in [0.2, 0.25) is 0 Å². The number of carboxylic acids is 1. The Morgan fingerprint density at radius 1 is 1.06 bits per heavy atom. The van der Waals surface area contributed by atoms with Gasteiger partial charge in [0.15, 0.2) is 0 Å². The Balaban J connectivity index is 2.45. The molecule has 0 fully saturated rings. The van der Waals surface area contributed by atoms with Crippen LogP contribution in [-0.4, -0.2) is 21.0 Å². The molecule has 0 aliphatic heterocycles. The Morgan fingerprint density at radius 3 is 2.67 bits per heavy atom. The Morgan fingerprint density at radius 2 is 1.89 bits per heavy atom. The molecule has 88 valence electrons. The van der Waals surface area contributed by atoms with Crippen LogP contribution in [0.5, 0.6) is 0 Å². The van der Waals surface area contributed by atoms with E-state index in [1.54, 1.807) is 18.2 Å². The Kier molecular flexibility index (Phi) is 2.23. The minimum absolute atomic E-state index is 0.184. The lowest BCUT2D eigenvalue weighted by molar-refractivity contribution is 0.0699. The first kappa shape index (κ1) is 10.7. The second kappa shape index (κ2) is 3.77. The number of para-hydroxylation sites is 1. The monoisotopic (exact) mass is 238 g/mol. The Hall–Kier alpha value is -2.49. The van der Waals surface area contributed by atoms with E-state index >= 15 is 0 Å². The van der Waals surface area contributed by atoms with E-state index in [4.69, 9.17) is 5.11 Å². The van der Waals surface area contributed by atoms with Crippen molar-refractivity contribution in [3.05, 3.63) is 47.5 Å². The normalized spacial score (nSPS) is 10.9. The van der Waals surface area contributed by atoms with Gasteiger partial charge in [-0.1, -0.05) is 12.1 Å². The number of fused-ring (bicyclic) bond motifs is 2. The van der Waals surface area contributed by atoms with Crippen molar-refractivity contribution in [3.63, 3.8) is 0 Å². The maximum absolute atomic E-state index is 11.2. The highest BCUT2D eigenvalue weighted by Gasteiger charge is 2.11. The Labute approximate surface area is 103 Å². The maximum atomic E-state index is 11.2. The van der Waals surface area contributed by atoms with E-state index in [0.717, 1.165) is 16.6 Å². The van der Waals surface area contributed by atoms with Crippen LogP contribution in [-0.2, 0) is 0 Å². The fourth-order valence-corrected chi connectivity index (χ4v) is 1.98. The highest BCUT2D eigenvalue weighted by molar-refractivity contribution is 6.02. The molecule has 4 nitrogen and oxygen atoms in total. The highest BCUT2D eigenvalue weighted by atomic mass is 16.4. The molecule has 0 unspecified atom stereocenters. The molecule has 2 aromatic carbocycles. The van der Waals surface area contributed by atoms with Crippen molar-refractivity contribution in [3.8, 4) is 0 Å². The summed E-state index contributed by atoms with van der Waals surface area (Å²) in [6, 6.07) is 10.8. The van der Waals surface area contributed by atoms with Crippen molar-refractivity contribution in [2.45, 2.75) is 6.92 Å². The summed E-state index contributed by atoms with van der Waals surface area (Å²) in [4.78, 5) is 20.0. The van der Waals surface area contributed by atoms with Gasteiger partial charge in [-0.15, -0.1) is 0 Å². The first-order valence-corrected chi connectivity index (χ1v) is 5.55. The topological polar surface area (TPSA) is 63.1 Å². The van der Waals surface area contributed by atoms with Crippen LogP contribution in [0.15, 0.2) is 36.4 Å². The Bertz CT molecular complexity index is 781. The van der Waals surface area contributed by atoms with Crippen molar-refractivity contribution in [1.82, 2.24) is 9.97 Å². The summed E-state index contributed by atoms with van der Waals surface area (Å²) in [5.74, 6) is -0.984. The lowest BCUT2D eigenvalue weighted by Gasteiger charge is -2.04. The molecule has 0 radical (unpaired) electrons. The third-order valence-corrected chi connectivity index (χ3v) is 2.85. The van der Waals surface area contributed by atoms with Gasteiger partial charge in [0.05, 0.1) is 22.1 Å². The van der Waals surface area contributed by atoms with Crippen molar-refractivity contribution in [2.75, 3.05) is 0 Å². The van der Waals surface area contributed by atoms with E-state index in [1.165, 1.54) is 0 Å². The number of hydrogen-bond donors (Lipinski definition) is 1. The average Bonchev–Trinajstić information content (AvgIpc) is 2.35. The van der Waals surface area contributed by atoms with Gasteiger partial charge >= 0.3 is 5.97 Å². The summed E-state index contributed by atoms with van der Waals surface area (Å²) in [6.45, 7) is 1.97. The number of carboxylic acid groups (broad SMARTS) is 1. The SMILES string of the molecule is Cc1ccc2nc3cccc(C(=O)O)c3nc2c1. The lowest BCUT2D eigenvalue weighted by atomic mass is 10.1. The number of benzene rings is 2. The molecular weight excluding hydrogens is 228 g/mol. The van der Waals surface area contributed by atoms with E-state index in [0.29, 0.717) is 11.0 Å². The molecule has 0 aliphatic rings. The molecule has 0 spiro atoms. The molecule has 1 N–H and O–H groups in total. The smallest absolute Gasteiger partial charge is 0.337 e. The number of carbonyl (C=O) groups is 1. The van der Waals surface area contributed by atoms with Crippen LogP contribution in [0.1, 0.15) is 15.9 Å². The zero-order valence-electron chi connectivity index (χ0n) is 9.71. The standard InChI is InChI=1S/C14H10N2O2/c1-8-5-6-10-12(7-8)16-13-9(14(17)18)3-2-4-11(13)15-10/h2-7H,1H3,(H,17,18). The quantitative estimate of drug-likeness (QED) is 0.662. The lowest BCUT2D eigenvalue weighted by Crippen LogP contribution is -2.00. The number of aromatic nitrogens is 2. The number of aromatic carboxylic acids is 1. The zero-order valence-corrected chi connectivity index (χ0v) is 9.71. The van der Waals surface area contributed by atoms with E-state index in [1.807, 2.05) is 25.1 Å². The largest absolute Gasteiger partial charge is 0.478 e. The highest BCUT2D eigenvalue weighted by Crippen LogP contribution is 2.20. The second-order valence-corrected chi connectivity index (χ2v) is 4.19. The number of aryl methyl sites for hydroxylation is 1. The molecule has 0 saturated heterocycles. The molecule has 0 aliphatic carbocycles. The van der Waals surface area contributed by atoms with Gasteiger partial charge in [-0.3, -0.25) is 0 Å². The van der Waals surface area contributed by atoms with Crippen LogP contribution >= 0.6 is 0 Å².